The van der Waals surface area contributed by atoms with E-state index in [0.717, 1.165) is 22.0 Å². The van der Waals surface area contributed by atoms with Crippen molar-refractivity contribution in [2.75, 3.05) is 0 Å². The van der Waals surface area contributed by atoms with Gasteiger partial charge >= 0.3 is 0 Å². The van der Waals surface area contributed by atoms with Gasteiger partial charge in [-0.3, -0.25) is 0 Å². The molecule has 0 fully saturated rings. The number of aryl methyl sites for hydroxylation is 1. The smallest absolute Gasteiger partial charge is 0.208 e. The first-order chi connectivity index (χ1) is 11.0. The number of oxazole rings is 1. The second-order valence-electron chi connectivity index (χ2n) is 5.02. The maximum atomic E-state index is 6.16. The Morgan fingerprint density at radius 3 is 2.57 bits per heavy atom. The molecule has 2 aromatic heterocycles. The molecular weight excluding hydrogens is 351 g/mol. The van der Waals surface area contributed by atoms with Crippen molar-refractivity contribution in [2.24, 2.45) is 0 Å². The molecule has 0 spiro atoms. The molecule has 0 aliphatic rings. The molecule has 0 aliphatic carbocycles. The number of nitrogens with zero attached hydrogens (tertiary/aromatic N) is 2. The van der Waals surface area contributed by atoms with Crippen molar-refractivity contribution >= 4 is 35.0 Å². The summed E-state index contributed by atoms with van der Waals surface area (Å²) in [5, 5.41) is 2.10. The number of benzene rings is 1. The second-order valence-corrected chi connectivity index (χ2v) is 7.20. The first-order valence-corrected chi connectivity index (χ1v) is 8.68. The predicted molar refractivity (Wildman–Crippen MR) is 95.2 cm³/mol. The molecule has 0 saturated carbocycles. The normalized spacial score (nSPS) is 12.3. The SMILES string of the molecule is Cc1nc([C@H](C)Sc2ncccc2Cl)oc1-c1ccc(Cl)cc1. The van der Waals surface area contributed by atoms with Gasteiger partial charge < -0.3 is 4.42 Å². The summed E-state index contributed by atoms with van der Waals surface area (Å²) in [6.07, 6.45) is 1.72. The fourth-order valence-electron chi connectivity index (χ4n) is 2.14. The highest BCUT2D eigenvalue weighted by molar-refractivity contribution is 7.99. The molecular formula is C17H14Cl2N2OS. The van der Waals surface area contributed by atoms with Crippen LogP contribution < -0.4 is 0 Å². The summed E-state index contributed by atoms with van der Waals surface area (Å²) in [7, 11) is 0. The Morgan fingerprint density at radius 1 is 1.13 bits per heavy atom. The molecule has 0 aliphatic heterocycles. The topological polar surface area (TPSA) is 38.9 Å². The van der Waals surface area contributed by atoms with E-state index in [1.807, 2.05) is 50.2 Å². The molecule has 3 nitrogen and oxygen atoms in total. The highest BCUT2D eigenvalue weighted by atomic mass is 35.5. The maximum Gasteiger partial charge on any atom is 0.208 e. The molecule has 118 valence electrons. The number of aromatic nitrogens is 2. The number of hydrogen-bond donors (Lipinski definition) is 0. The van der Waals surface area contributed by atoms with Crippen molar-refractivity contribution in [3.8, 4) is 11.3 Å². The fraction of sp³-hybridized carbons (Fsp3) is 0.176. The molecule has 23 heavy (non-hydrogen) atoms. The summed E-state index contributed by atoms with van der Waals surface area (Å²) in [5.74, 6) is 1.41. The van der Waals surface area contributed by atoms with Crippen molar-refractivity contribution in [1.29, 1.82) is 0 Å². The summed E-state index contributed by atoms with van der Waals surface area (Å²) >= 11 is 13.6. The van der Waals surface area contributed by atoms with Crippen molar-refractivity contribution < 1.29 is 4.42 Å². The van der Waals surface area contributed by atoms with Gasteiger partial charge in [0.1, 0.15) is 5.03 Å². The van der Waals surface area contributed by atoms with Gasteiger partial charge in [0.05, 0.1) is 16.0 Å². The van der Waals surface area contributed by atoms with Crippen molar-refractivity contribution in [1.82, 2.24) is 9.97 Å². The van der Waals surface area contributed by atoms with Gasteiger partial charge in [-0.25, -0.2) is 9.97 Å². The van der Waals surface area contributed by atoms with Crippen LogP contribution in [0, 0.1) is 6.92 Å². The molecule has 0 saturated heterocycles. The van der Waals surface area contributed by atoms with E-state index in [1.165, 1.54) is 11.8 Å². The van der Waals surface area contributed by atoms with Crippen LogP contribution in [0.25, 0.3) is 11.3 Å². The second kappa shape index (κ2) is 6.95. The Hall–Kier alpha value is -1.49. The molecule has 0 amide bonds. The van der Waals surface area contributed by atoms with Crippen LogP contribution in [0.3, 0.4) is 0 Å². The van der Waals surface area contributed by atoms with Gasteiger partial charge in [-0.15, -0.1) is 0 Å². The highest BCUT2D eigenvalue weighted by Gasteiger charge is 2.19. The van der Waals surface area contributed by atoms with E-state index in [0.29, 0.717) is 15.9 Å². The lowest BCUT2D eigenvalue weighted by Crippen LogP contribution is -1.90. The van der Waals surface area contributed by atoms with Crippen LogP contribution in [0.4, 0.5) is 0 Å². The van der Waals surface area contributed by atoms with Gasteiger partial charge in [-0.05, 0) is 50.2 Å². The van der Waals surface area contributed by atoms with Crippen LogP contribution in [-0.2, 0) is 0 Å². The zero-order chi connectivity index (χ0) is 16.4. The van der Waals surface area contributed by atoms with Crippen molar-refractivity contribution in [3.63, 3.8) is 0 Å². The number of pyridine rings is 1. The van der Waals surface area contributed by atoms with Crippen LogP contribution in [0.5, 0.6) is 0 Å². The third-order valence-electron chi connectivity index (χ3n) is 3.28. The van der Waals surface area contributed by atoms with Crippen LogP contribution in [0.2, 0.25) is 10.0 Å². The Labute approximate surface area is 149 Å². The van der Waals surface area contributed by atoms with Gasteiger partial charge in [0.2, 0.25) is 5.89 Å². The number of thioether (sulfide) groups is 1. The Morgan fingerprint density at radius 2 is 1.87 bits per heavy atom. The van der Waals surface area contributed by atoms with E-state index in [1.54, 1.807) is 6.20 Å². The molecule has 0 N–H and O–H groups in total. The van der Waals surface area contributed by atoms with Gasteiger partial charge in [0.25, 0.3) is 0 Å². The number of rotatable bonds is 4. The molecule has 0 unspecified atom stereocenters. The van der Waals surface area contributed by atoms with Gasteiger partial charge in [-0.1, -0.05) is 35.0 Å². The summed E-state index contributed by atoms with van der Waals surface area (Å²) in [4.78, 5) is 8.83. The average Bonchev–Trinajstić information content (AvgIpc) is 2.92. The zero-order valence-corrected chi connectivity index (χ0v) is 14.9. The lowest BCUT2D eigenvalue weighted by Gasteiger charge is -2.07. The van der Waals surface area contributed by atoms with Crippen molar-refractivity contribution in [2.45, 2.75) is 24.1 Å². The monoisotopic (exact) mass is 364 g/mol. The van der Waals surface area contributed by atoms with Gasteiger partial charge in [0, 0.05) is 16.8 Å². The lowest BCUT2D eigenvalue weighted by atomic mass is 10.1. The third kappa shape index (κ3) is 3.71. The van der Waals surface area contributed by atoms with E-state index in [-0.39, 0.29) is 5.25 Å². The van der Waals surface area contributed by atoms with Crippen LogP contribution in [-0.4, -0.2) is 9.97 Å². The maximum absolute atomic E-state index is 6.16. The molecule has 3 rings (SSSR count). The minimum atomic E-state index is 0.00199. The van der Waals surface area contributed by atoms with E-state index in [2.05, 4.69) is 9.97 Å². The van der Waals surface area contributed by atoms with E-state index in [4.69, 9.17) is 27.6 Å². The Kier molecular flexibility index (Phi) is 4.95. The molecule has 0 bridgehead atoms. The zero-order valence-electron chi connectivity index (χ0n) is 12.6. The summed E-state index contributed by atoms with van der Waals surface area (Å²) in [6, 6.07) is 11.2. The predicted octanol–water partition coefficient (Wildman–Crippen LogP) is 6.21. The van der Waals surface area contributed by atoms with Crippen molar-refractivity contribution in [3.05, 3.63) is 64.2 Å². The first kappa shape index (κ1) is 16.4. The highest BCUT2D eigenvalue weighted by Crippen LogP contribution is 2.38. The first-order valence-electron chi connectivity index (χ1n) is 7.05. The molecule has 6 heteroatoms. The number of hydrogen-bond acceptors (Lipinski definition) is 4. The van der Waals surface area contributed by atoms with Crippen LogP contribution in [0.1, 0.15) is 23.8 Å². The van der Waals surface area contributed by atoms with E-state index in [9.17, 15) is 0 Å². The Balaban J connectivity index is 1.85. The number of halogens is 2. The largest absolute Gasteiger partial charge is 0.439 e. The van der Waals surface area contributed by atoms with Gasteiger partial charge in [0.15, 0.2) is 5.76 Å². The summed E-state index contributed by atoms with van der Waals surface area (Å²) in [6.45, 7) is 3.95. The lowest BCUT2D eigenvalue weighted by molar-refractivity contribution is 0.510. The minimum Gasteiger partial charge on any atom is -0.439 e. The average molecular weight is 365 g/mol. The van der Waals surface area contributed by atoms with E-state index >= 15 is 0 Å². The molecule has 1 atom stereocenters. The third-order valence-corrected chi connectivity index (χ3v) is 5.05. The molecule has 1 aromatic carbocycles. The fourth-order valence-corrected chi connectivity index (χ4v) is 3.36. The minimum absolute atomic E-state index is 0.00199. The van der Waals surface area contributed by atoms with Crippen LogP contribution in [0.15, 0.2) is 52.0 Å². The quantitative estimate of drug-likeness (QED) is 0.516. The molecule has 2 heterocycles. The molecule has 3 aromatic rings. The summed E-state index contributed by atoms with van der Waals surface area (Å²) in [5.41, 5.74) is 1.81. The Bertz CT molecular complexity index is 818. The van der Waals surface area contributed by atoms with Gasteiger partial charge in [-0.2, -0.15) is 0 Å². The van der Waals surface area contributed by atoms with E-state index < -0.39 is 0 Å². The standard InChI is InChI=1S/C17H14Cl2N2OS/c1-10-15(12-5-7-13(18)8-6-12)22-16(21-10)11(2)23-17-14(19)4-3-9-20-17/h3-9,11H,1-2H3/t11-/m0/s1. The summed E-state index contributed by atoms with van der Waals surface area (Å²) < 4.78 is 5.97. The molecule has 0 radical (unpaired) electrons. The van der Waals surface area contributed by atoms with Crippen LogP contribution >= 0.6 is 35.0 Å².